The van der Waals surface area contributed by atoms with E-state index in [2.05, 4.69) is 50.4 Å². The molecule has 23 heavy (non-hydrogen) atoms. The lowest BCUT2D eigenvalue weighted by atomic mass is 9.94. The van der Waals surface area contributed by atoms with Crippen LogP contribution in [0.5, 0.6) is 0 Å². The third-order valence-electron chi connectivity index (χ3n) is 4.13. The van der Waals surface area contributed by atoms with Gasteiger partial charge < -0.3 is 5.32 Å². The Morgan fingerprint density at radius 1 is 1.04 bits per heavy atom. The molecular formula is C20H25NOS. The number of carbonyl (C=O) groups is 1. The number of carbonyl (C=O) groups excluding carboxylic acids is 1. The molecule has 2 unspecified atom stereocenters. The summed E-state index contributed by atoms with van der Waals surface area (Å²) in [5.74, 6) is 0.0920. The quantitative estimate of drug-likeness (QED) is 0.725. The molecule has 0 aliphatic heterocycles. The first-order valence-electron chi connectivity index (χ1n) is 8.23. The van der Waals surface area contributed by atoms with Gasteiger partial charge in [-0.1, -0.05) is 62.4 Å². The molecule has 0 spiro atoms. The number of thioether (sulfide) groups is 1. The van der Waals surface area contributed by atoms with Crippen LogP contribution in [0.4, 0.5) is 0 Å². The predicted octanol–water partition coefficient (Wildman–Crippen LogP) is 5.00. The van der Waals surface area contributed by atoms with Gasteiger partial charge in [0.25, 0.3) is 0 Å². The van der Waals surface area contributed by atoms with Crippen LogP contribution in [-0.4, -0.2) is 11.9 Å². The second-order valence-corrected chi connectivity index (χ2v) is 7.12. The molecule has 0 saturated heterocycles. The van der Waals surface area contributed by atoms with Crippen molar-refractivity contribution in [2.75, 3.05) is 0 Å². The number of rotatable bonds is 7. The summed E-state index contributed by atoms with van der Waals surface area (Å²) in [5, 5.41) is 3.18. The summed E-state index contributed by atoms with van der Waals surface area (Å²) in [5.41, 5.74) is 1.05. The van der Waals surface area contributed by atoms with Crippen molar-refractivity contribution >= 4 is 17.7 Å². The standard InChI is InChI=1S/C20H25NOS/c1-4-16(3)21-19(22)20(5-2,17-12-8-6-9-13-17)23-18-14-10-7-11-15-18/h6-16H,4-5H2,1-3H3,(H,21,22). The Kier molecular flexibility index (Phi) is 6.28. The molecule has 0 radical (unpaired) electrons. The molecule has 1 amide bonds. The Labute approximate surface area is 143 Å². The minimum absolute atomic E-state index is 0.0920. The molecule has 0 aliphatic carbocycles. The number of nitrogens with one attached hydrogen (secondary N) is 1. The van der Waals surface area contributed by atoms with Gasteiger partial charge in [-0.2, -0.15) is 0 Å². The molecule has 2 atom stereocenters. The third kappa shape index (κ3) is 4.17. The third-order valence-corrected chi connectivity index (χ3v) is 5.70. The van der Waals surface area contributed by atoms with E-state index in [0.29, 0.717) is 0 Å². The molecule has 2 nitrogen and oxygen atoms in total. The minimum atomic E-state index is -0.605. The molecule has 2 rings (SSSR count). The number of hydrogen-bond acceptors (Lipinski definition) is 2. The zero-order valence-corrected chi connectivity index (χ0v) is 14.9. The van der Waals surface area contributed by atoms with Crippen molar-refractivity contribution in [2.24, 2.45) is 0 Å². The van der Waals surface area contributed by atoms with Gasteiger partial charge in [0.1, 0.15) is 4.75 Å². The van der Waals surface area contributed by atoms with Crippen LogP contribution in [0.3, 0.4) is 0 Å². The number of hydrogen-bond donors (Lipinski definition) is 1. The maximum Gasteiger partial charge on any atom is 0.241 e. The molecule has 2 aromatic rings. The van der Waals surface area contributed by atoms with Crippen LogP contribution in [0.1, 0.15) is 39.2 Å². The molecule has 0 aromatic heterocycles. The fourth-order valence-electron chi connectivity index (χ4n) is 2.51. The van der Waals surface area contributed by atoms with Crippen LogP contribution in [0.25, 0.3) is 0 Å². The van der Waals surface area contributed by atoms with Gasteiger partial charge in [-0.25, -0.2) is 0 Å². The Hall–Kier alpha value is -1.74. The maximum atomic E-state index is 13.1. The van der Waals surface area contributed by atoms with Gasteiger partial charge in [0.05, 0.1) is 0 Å². The van der Waals surface area contributed by atoms with E-state index in [1.54, 1.807) is 11.8 Å². The highest BCUT2D eigenvalue weighted by Gasteiger charge is 2.40. The minimum Gasteiger partial charge on any atom is -0.352 e. The molecule has 122 valence electrons. The van der Waals surface area contributed by atoms with Gasteiger partial charge >= 0.3 is 0 Å². The zero-order valence-electron chi connectivity index (χ0n) is 14.1. The van der Waals surface area contributed by atoms with Crippen molar-refractivity contribution in [1.29, 1.82) is 0 Å². The van der Waals surface area contributed by atoms with Crippen LogP contribution in [0, 0.1) is 0 Å². The number of benzene rings is 2. The van der Waals surface area contributed by atoms with Gasteiger partial charge in [0, 0.05) is 10.9 Å². The molecule has 3 heteroatoms. The fraction of sp³-hybridized carbons (Fsp3) is 0.350. The summed E-state index contributed by atoms with van der Waals surface area (Å²) in [6, 6.07) is 20.4. The van der Waals surface area contributed by atoms with Crippen LogP contribution < -0.4 is 5.32 Å². The fourth-order valence-corrected chi connectivity index (χ4v) is 3.76. The van der Waals surface area contributed by atoms with E-state index in [1.807, 2.05) is 36.4 Å². The van der Waals surface area contributed by atoms with E-state index in [0.717, 1.165) is 23.3 Å². The predicted molar refractivity (Wildman–Crippen MR) is 98.6 cm³/mol. The molecule has 1 N–H and O–H groups in total. The molecule has 2 aromatic carbocycles. The molecule has 0 saturated carbocycles. The Morgan fingerprint density at radius 2 is 1.61 bits per heavy atom. The molecule has 0 aliphatic rings. The van der Waals surface area contributed by atoms with Gasteiger partial charge in [-0.3, -0.25) is 4.79 Å². The van der Waals surface area contributed by atoms with Crippen LogP contribution in [-0.2, 0) is 9.54 Å². The van der Waals surface area contributed by atoms with Crippen LogP contribution in [0.2, 0.25) is 0 Å². The lowest BCUT2D eigenvalue weighted by molar-refractivity contribution is -0.124. The average Bonchev–Trinajstić information content (AvgIpc) is 2.61. The highest BCUT2D eigenvalue weighted by molar-refractivity contribution is 8.01. The Morgan fingerprint density at radius 3 is 2.13 bits per heavy atom. The van der Waals surface area contributed by atoms with Crippen molar-refractivity contribution in [3.8, 4) is 0 Å². The molecule has 0 bridgehead atoms. The highest BCUT2D eigenvalue weighted by Crippen LogP contribution is 2.44. The van der Waals surface area contributed by atoms with Crippen molar-refractivity contribution in [3.05, 3.63) is 66.2 Å². The van der Waals surface area contributed by atoms with E-state index < -0.39 is 4.75 Å². The lowest BCUT2D eigenvalue weighted by Gasteiger charge is -2.32. The van der Waals surface area contributed by atoms with E-state index in [9.17, 15) is 4.79 Å². The van der Waals surface area contributed by atoms with Crippen molar-refractivity contribution in [3.63, 3.8) is 0 Å². The lowest BCUT2D eigenvalue weighted by Crippen LogP contribution is -2.45. The Balaban J connectivity index is 2.42. The summed E-state index contributed by atoms with van der Waals surface area (Å²) in [7, 11) is 0. The Bertz CT molecular complexity index is 614. The topological polar surface area (TPSA) is 29.1 Å². The molecule has 0 fully saturated rings. The zero-order chi connectivity index (χ0) is 16.7. The van der Waals surface area contributed by atoms with E-state index in [-0.39, 0.29) is 11.9 Å². The van der Waals surface area contributed by atoms with E-state index >= 15 is 0 Å². The van der Waals surface area contributed by atoms with Gasteiger partial charge in [0.2, 0.25) is 5.91 Å². The van der Waals surface area contributed by atoms with Gasteiger partial charge in [0.15, 0.2) is 0 Å². The van der Waals surface area contributed by atoms with E-state index in [4.69, 9.17) is 0 Å². The highest BCUT2D eigenvalue weighted by atomic mass is 32.2. The normalized spacial score (nSPS) is 14.7. The number of amides is 1. The summed E-state index contributed by atoms with van der Waals surface area (Å²) in [4.78, 5) is 14.2. The van der Waals surface area contributed by atoms with E-state index in [1.165, 1.54) is 0 Å². The largest absolute Gasteiger partial charge is 0.352 e. The first-order chi connectivity index (χ1) is 11.1. The first-order valence-corrected chi connectivity index (χ1v) is 9.04. The smallest absolute Gasteiger partial charge is 0.241 e. The van der Waals surface area contributed by atoms with Gasteiger partial charge in [-0.05, 0) is 37.5 Å². The molecular weight excluding hydrogens is 302 g/mol. The average molecular weight is 327 g/mol. The second-order valence-electron chi connectivity index (χ2n) is 5.74. The summed E-state index contributed by atoms with van der Waals surface area (Å²) in [6.07, 6.45) is 1.66. The molecule has 0 heterocycles. The van der Waals surface area contributed by atoms with Crippen molar-refractivity contribution in [2.45, 2.75) is 49.3 Å². The first kappa shape index (κ1) is 17.6. The summed E-state index contributed by atoms with van der Waals surface area (Å²) < 4.78 is -0.605. The van der Waals surface area contributed by atoms with Crippen LogP contribution >= 0.6 is 11.8 Å². The maximum absolute atomic E-state index is 13.1. The van der Waals surface area contributed by atoms with Crippen molar-refractivity contribution in [1.82, 2.24) is 5.32 Å². The monoisotopic (exact) mass is 327 g/mol. The van der Waals surface area contributed by atoms with Crippen LogP contribution in [0.15, 0.2) is 65.6 Å². The van der Waals surface area contributed by atoms with Crippen molar-refractivity contribution < 1.29 is 4.79 Å². The summed E-state index contributed by atoms with van der Waals surface area (Å²) >= 11 is 1.64. The SMILES string of the molecule is CCC(C)NC(=O)C(CC)(Sc1ccccc1)c1ccccc1. The second kappa shape index (κ2) is 8.21. The van der Waals surface area contributed by atoms with Gasteiger partial charge in [-0.15, -0.1) is 11.8 Å². The summed E-state index contributed by atoms with van der Waals surface area (Å²) in [6.45, 7) is 6.22.